The van der Waals surface area contributed by atoms with Crippen molar-refractivity contribution in [1.29, 1.82) is 0 Å². The summed E-state index contributed by atoms with van der Waals surface area (Å²) in [5, 5.41) is 8.88. The number of aliphatic hydroxyl groups excluding tert-OH is 1. The second-order valence-electron chi connectivity index (χ2n) is 3.86. The summed E-state index contributed by atoms with van der Waals surface area (Å²) in [7, 11) is 0. The molecule has 1 heteroatoms. The van der Waals surface area contributed by atoms with Gasteiger partial charge in [-0.3, -0.25) is 0 Å². The van der Waals surface area contributed by atoms with Crippen LogP contribution in [0.5, 0.6) is 0 Å². The quantitative estimate of drug-likeness (QED) is 0.780. The fraction of sp³-hybridized carbons (Fsp3) is 0.429. The second kappa shape index (κ2) is 6.41. The van der Waals surface area contributed by atoms with Crippen LogP contribution < -0.4 is 0 Å². The molecule has 82 valence electrons. The Labute approximate surface area is 92.5 Å². The lowest BCUT2D eigenvalue weighted by Gasteiger charge is -2.04. The first-order valence-electron chi connectivity index (χ1n) is 5.65. The fourth-order valence-corrected chi connectivity index (χ4v) is 1.53. The summed E-state index contributed by atoms with van der Waals surface area (Å²) in [5.74, 6) is 0. The highest BCUT2D eigenvalue weighted by atomic mass is 16.2. The molecule has 1 aromatic rings. The summed E-state index contributed by atoms with van der Waals surface area (Å²) in [5.41, 5.74) is 3.78. The van der Waals surface area contributed by atoms with Gasteiger partial charge in [0.1, 0.15) is 0 Å². The van der Waals surface area contributed by atoms with Crippen LogP contribution in [0.4, 0.5) is 0 Å². The molecule has 0 bridgehead atoms. The maximum atomic E-state index is 8.88. The molecule has 1 nitrogen and oxygen atoms in total. The van der Waals surface area contributed by atoms with Gasteiger partial charge in [-0.25, -0.2) is 0 Å². The predicted molar refractivity (Wildman–Crippen MR) is 65.9 cm³/mol. The summed E-state index contributed by atoms with van der Waals surface area (Å²) in [4.78, 5) is 0. The van der Waals surface area contributed by atoms with E-state index in [0.717, 1.165) is 12.8 Å². The van der Waals surface area contributed by atoms with Gasteiger partial charge in [-0.1, -0.05) is 43.7 Å². The molecule has 0 saturated heterocycles. The summed E-state index contributed by atoms with van der Waals surface area (Å²) < 4.78 is 0. The Kier molecular flexibility index (Phi) is 5.13. The van der Waals surface area contributed by atoms with Crippen molar-refractivity contribution in [2.75, 3.05) is 6.61 Å². The Bertz CT molecular complexity index is 326. The molecule has 1 aromatic carbocycles. The highest BCUT2D eigenvalue weighted by molar-refractivity contribution is 5.54. The van der Waals surface area contributed by atoms with Crippen molar-refractivity contribution in [3.8, 4) is 0 Å². The molecule has 1 rings (SSSR count). The van der Waals surface area contributed by atoms with Crippen molar-refractivity contribution >= 4 is 6.08 Å². The Morgan fingerprint density at radius 2 is 2.13 bits per heavy atom. The minimum Gasteiger partial charge on any atom is -0.396 e. The van der Waals surface area contributed by atoms with E-state index < -0.39 is 0 Å². The van der Waals surface area contributed by atoms with Gasteiger partial charge in [-0.2, -0.15) is 0 Å². The molecule has 0 atom stereocenters. The van der Waals surface area contributed by atoms with Crippen LogP contribution in [0.25, 0.3) is 6.08 Å². The molecule has 0 heterocycles. The molecular formula is C14H20O. The molecule has 0 aliphatic carbocycles. The number of aryl methyl sites for hydroxylation is 1. The Hall–Kier alpha value is -1.08. The van der Waals surface area contributed by atoms with Crippen LogP contribution in [-0.4, -0.2) is 11.7 Å². The Morgan fingerprint density at radius 1 is 1.33 bits per heavy atom. The largest absolute Gasteiger partial charge is 0.396 e. The molecule has 0 aromatic heterocycles. The molecular weight excluding hydrogens is 184 g/mol. The number of hydrogen-bond acceptors (Lipinski definition) is 1. The zero-order valence-corrected chi connectivity index (χ0v) is 9.66. The van der Waals surface area contributed by atoms with E-state index in [1.807, 2.05) is 0 Å². The van der Waals surface area contributed by atoms with Gasteiger partial charge in [-0.15, -0.1) is 0 Å². The lowest BCUT2D eigenvalue weighted by Crippen LogP contribution is -1.92. The van der Waals surface area contributed by atoms with Crippen molar-refractivity contribution in [1.82, 2.24) is 0 Å². The lowest BCUT2D eigenvalue weighted by molar-refractivity contribution is 0.299. The van der Waals surface area contributed by atoms with Crippen LogP contribution in [0.3, 0.4) is 0 Å². The number of rotatable bonds is 5. The van der Waals surface area contributed by atoms with E-state index in [1.165, 1.54) is 23.1 Å². The maximum absolute atomic E-state index is 8.88. The van der Waals surface area contributed by atoms with Crippen molar-refractivity contribution < 1.29 is 5.11 Å². The topological polar surface area (TPSA) is 20.2 Å². The minimum atomic E-state index is 0.223. The van der Waals surface area contributed by atoms with Gasteiger partial charge in [-0.05, 0) is 36.5 Å². The third kappa shape index (κ3) is 3.88. The summed E-state index contributed by atoms with van der Waals surface area (Å²) >= 11 is 0. The van der Waals surface area contributed by atoms with Crippen molar-refractivity contribution in [3.63, 3.8) is 0 Å². The monoisotopic (exact) mass is 204 g/mol. The van der Waals surface area contributed by atoms with E-state index in [4.69, 9.17) is 5.11 Å². The van der Waals surface area contributed by atoms with Crippen LogP contribution in [-0.2, 0) is 6.42 Å². The highest BCUT2D eigenvalue weighted by Crippen LogP contribution is 2.14. The van der Waals surface area contributed by atoms with Crippen LogP contribution in [0, 0.1) is 6.92 Å². The van der Waals surface area contributed by atoms with Gasteiger partial charge in [0.2, 0.25) is 0 Å². The van der Waals surface area contributed by atoms with E-state index >= 15 is 0 Å². The standard InChI is InChI=1S/C14H20O/c1-3-4-5-6-14-11-13(9-10-15)8-7-12(14)2/h5-8,11,15H,3-4,9-10H2,1-2H3/b6-5+. The summed E-state index contributed by atoms with van der Waals surface area (Å²) in [6.45, 7) is 4.52. The van der Waals surface area contributed by atoms with Gasteiger partial charge >= 0.3 is 0 Å². The third-order valence-corrected chi connectivity index (χ3v) is 2.50. The minimum absolute atomic E-state index is 0.223. The first-order chi connectivity index (χ1) is 7.27. The van der Waals surface area contributed by atoms with Crippen molar-refractivity contribution in [2.24, 2.45) is 0 Å². The number of benzene rings is 1. The SMILES string of the molecule is CCC/C=C/c1cc(CCO)ccc1C. The number of unbranched alkanes of at least 4 members (excludes halogenated alkanes) is 1. The first kappa shape index (κ1) is 12.0. The molecule has 0 aliphatic heterocycles. The summed E-state index contributed by atoms with van der Waals surface area (Å²) in [6, 6.07) is 6.37. The smallest absolute Gasteiger partial charge is 0.0471 e. The molecule has 0 fully saturated rings. The van der Waals surface area contributed by atoms with E-state index in [1.54, 1.807) is 0 Å². The number of aliphatic hydroxyl groups is 1. The molecule has 0 saturated carbocycles. The van der Waals surface area contributed by atoms with Crippen molar-refractivity contribution in [2.45, 2.75) is 33.1 Å². The first-order valence-corrected chi connectivity index (χ1v) is 5.65. The average Bonchev–Trinajstić information content (AvgIpc) is 2.23. The van der Waals surface area contributed by atoms with Crippen LogP contribution >= 0.6 is 0 Å². The average molecular weight is 204 g/mol. The molecule has 0 unspecified atom stereocenters. The molecule has 1 N–H and O–H groups in total. The summed E-state index contributed by atoms with van der Waals surface area (Å²) in [6.07, 6.45) is 7.45. The van der Waals surface area contributed by atoms with Gasteiger partial charge in [0.25, 0.3) is 0 Å². The van der Waals surface area contributed by atoms with Crippen LogP contribution in [0.1, 0.15) is 36.5 Å². The van der Waals surface area contributed by atoms with Gasteiger partial charge < -0.3 is 5.11 Å². The molecule has 0 amide bonds. The number of hydrogen-bond donors (Lipinski definition) is 1. The molecule has 0 aliphatic rings. The normalized spacial score (nSPS) is 11.1. The fourth-order valence-electron chi connectivity index (χ4n) is 1.53. The third-order valence-electron chi connectivity index (χ3n) is 2.50. The zero-order valence-electron chi connectivity index (χ0n) is 9.66. The number of allylic oxidation sites excluding steroid dienone is 1. The van der Waals surface area contributed by atoms with E-state index in [0.29, 0.717) is 0 Å². The van der Waals surface area contributed by atoms with Crippen LogP contribution in [0.15, 0.2) is 24.3 Å². The Morgan fingerprint density at radius 3 is 2.80 bits per heavy atom. The Balaban J connectivity index is 2.80. The molecule has 15 heavy (non-hydrogen) atoms. The van der Waals surface area contributed by atoms with Gasteiger partial charge in [0.15, 0.2) is 0 Å². The highest BCUT2D eigenvalue weighted by Gasteiger charge is 1.97. The van der Waals surface area contributed by atoms with E-state index in [9.17, 15) is 0 Å². The van der Waals surface area contributed by atoms with Gasteiger partial charge in [0.05, 0.1) is 0 Å². The van der Waals surface area contributed by atoms with E-state index in [2.05, 4.69) is 44.2 Å². The van der Waals surface area contributed by atoms with Crippen molar-refractivity contribution in [3.05, 3.63) is 41.0 Å². The maximum Gasteiger partial charge on any atom is 0.0471 e. The second-order valence-corrected chi connectivity index (χ2v) is 3.86. The predicted octanol–water partition coefficient (Wildman–Crippen LogP) is 3.34. The zero-order chi connectivity index (χ0) is 11.1. The van der Waals surface area contributed by atoms with Gasteiger partial charge in [0, 0.05) is 6.61 Å². The molecule has 0 spiro atoms. The lowest BCUT2D eigenvalue weighted by atomic mass is 10.0. The van der Waals surface area contributed by atoms with Crippen LogP contribution in [0.2, 0.25) is 0 Å². The molecule has 0 radical (unpaired) electrons. The van der Waals surface area contributed by atoms with E-state index in [-0.39, 0.29) is 6.61 Å².